The number of nitrogens with zero attached hydrogens (tertiary/aromatic N) is 2. The van der Waals surface area contributed by atoms with E-state index in [1.165, 1.54) is 34.0 Å². The zero-order valence-electron chi connectivity index (χ0n) is 16.1. The highest BCUT2D eigenvalue weighted by Gasteiger charge is 2.26. The summed E-state index contributed by atoms with van der Waals surface area (Å²) in [7, 11) is 0. The molecule has 1 aromatic heterocycles. The number of aromatic nitrogens is 2. The zero-order chi connectivity index (χ0) is 18.9. The molecule has 0 fully saturated rings. The second-order valence-corrected chi connectivity index (χ2v) is 7.51. The lowest BCUT2D eigenvalue weighted by molar-refractivity contribution is 0.469. The number of rotatable bonds is 4. The van der Waals surface area contributed by atoms with Gasteiger partial charge < -0.3 is 0 Å². The van der Waals surface area contributed by atoms with E-state index in [1.54, 1.807) is 6.20 Å². The molecule has 3 heteroatoms. The molecule has 3 aromatic rings. The smallest absolute Gasteiger partial charge is 0.133 e. The molecular weight excluding hydrogens is 323 g/mol. The summed E-state index contributed by atoms with van der Waals surface area (Å²) in [6.07, 6.45) is 3.21. The number of hydrogen-bond donors (Lipinski definition) is 0. The van der Waals surface area contributed by atoms with Gasteiger partial charge in [-0.1, -0.05) is 55.8 Å². The van der Waals surface area contributed by atoms with Crippen LogP contribution >= 0.6 is 0 Å². The predicted octanol–water partition coefficient (Wildman–Crippen LogP) is 5.86. The van der Waals surface area contributed by atoms with Crippen molar-refractivity contribution in [2.45, 2.75) is 46.7 Å². The normalized spacial score (nSPS) is 11.6. The Morgan fingerprint density at radius 2 is 1.65 bits per heavy atom. The first-order chi connectivity index (χ1) is 12.3. The lowest BCUT2D eigenvalue weighted by Gasteiger charge is -2.26. The first-order valence-corrected chi connectivity index (χ1v) is 8.89. The molecule has 134 valence electrons. The summed E-state index contributed by atoms with van der Waals surface area (Å²) >= 11 is 0. The Hall–Kier alpha value is -2.55. The fourth-order valence-corrected chi connectivity index (χ4v) is 3.62. The van der Waals surface area contributed by atoms with Crippen LogP contribution in [-0.2, 0) is 12.1 Å². The Morgan fingerprint density at radius 1 is 0.962 bits per heavy atom. The highest BCUT2D eigenvalue weighted by Crippen LogP contribution is 2.35. The van der Waals surface area contributed by atoms with Crippen molar-refractivity contribution in [1.29, 1.82) is 0 Å². The van der Waals surface area contributed by atoms with Crippen LogP contribution in [0.25, 0.3) is 11.1 Å². The molecule has 2 aromatic carbocycles. The molecule has 0 saturated heterocycles. The molecule has 1 heterocycles. The molecule has 0 aliphatic heterocycles. The molecule has 26 heavy (non-hydrogen) atoms. The van der Waals surface area contributed by atoms with Crippen LogP contribution in [0.1, 0.15) is 47.5 Å². The van der Waals surface area contributed by atoms with Gasteiger partial charge in [-0.05, 0) is 48.6 Å². The fourth-order valence-electron chi connectivity index (χ4n) is 3.62. The van der Waals surface area contributed by atoms with Crippen molar-refractivity contribution in [1.82, 2.24) is 9.97 Å². The minimum atomic E-state index is -0.598. The lowest BCUT2D eigenvalue weighted by atomic mass is 9.80. The van der Waals surface area contributed by atoms with Crippen LogP contribution in [0.3, 0.4) is 0 Å². The Balaban J connectivity index is 2.09. The van der Waals surface area contributed by atoms with Gasteiger partial charge >= 0.3 is 0 Å². The molecule has 0 bridgehead atoms. The quantitative estimate of drug-likeness (QED) is 0.590. The van der Waals surface area contributed by atoms with Crippen molar-refractivity contribution in [2.24, 2.45) is 0 Å². The molecule has 0 saturated carbocycles. The molecule has 0 unspecified atom stereocenters. The zero-order valence-corrected chi connectivity index (χ0v) is 16.1. The fraction of sp³-hybridized carbons (Fsp3) is 0.304. The van der Waals surface area contributed by atoms with Crippen molar-refractivity contribution in [3.63, 3.8) is 0 Å². The number of hydrogen-bond acceptors (Lipinski definition) is 2. The van der Waals surface area contributed by atoms with Crippen LogP contribution in [0.5, 0.6) is 0 Å². The Labute approximate surface area is 155 Å². The third-order valence-corrected chi connectivity index (χ3v) is 5.01. The first-order valence-electron chi connectivity index (χ1n) is 8.89. The molecule has 0 N–H and O–H groups in total. The van der Waals surface area contributed by atoms with E-state index in [0.717, 1.165) is 11.3 Å². The number of halogens is 1. The minimum Gasteiger partial charge on any atom is -0.261 e. The van der Waals surface area contributed by atoms with Crippen LogP contribution in [0.15, 0.2) is 48.8 Å². The average Bonchev–Trinajstić information content (AvgIpc) is 2.61. The van der Waals surface area contributed by atoms with E-state index in [1.807, 2.05) is 0 Å². The Bertz CT molecular complexity index is 921. The van der Waals surface area contributed by atoms with Crippen LogP contribution in [-0.4, -0.2) is 9.97 Å². The molecule has 3 rings (SSSR count). The van der Waals surface area contributed by atoms with Crippen molar-refractivity contribution in [3.8, 4) is 11.1 Å². The van der Waals surface area contributed by atoms with Gasteiger partial charge in [0.25, 0.3) is 0 Å². The van der Waals surface area contributed by atoms with E-state index in [9.17, 15) is 4.39 Å². The van der Waals surface area contributed by atoms with Crippen molar-refractivity contribution in [2.75, 3.05) is 0 Å². The topological polar surface area (TPSA) is 25.8 Å². The standard InChI is InChI=1S/C23H25FN2/c1-15-9-16(2)22(17(3)10-15)18-7-6-8-19(11-18)23(4,5)21-14-25-13-20(12-24)26-21/h6-11,13-14H,12H2,1-5H3. The van der Waals surface area contributed by atoms with Crippen molar-refractivity contribution in [3.05, 3.63) is 82.4 Å². The van der Waals surface area contributed by atoms with Gasteiger partial charge in [0.15, 0.2) is 0 Å². The Morgan fingerprint density at radius 3 is 2.31 bits per heavy atom. The first kappa shape index (κ1) is 18.2. The Kier molecular flexibility index (Phi) is 4.90. The molecule has 0 aliphatic rings. The van der Waals surface area contributed by atoms with E-state index in [0.29, 0.717) is 5.69 Å². The maximum Gasteiger partial charge on any atom is 0.133 e. The second-order valence-electron chi connectivity index (χ2n) is 7.51. The second kappa shape index (κ2) is 6.99. The molecule has 0 amide bonds. The van der Waals surface area contributed by atoms with Crippen molar-refractivity contribution < 1.29 is 4.39 Å². The molecule has 0 spiro atoms. The number of aryl methyl sites for hydroxylation is 3. The van der Waals surface area contributed by atoms with Crippen LogP contribution < -0.4 is 0 Å². The molecule has 0 aliphatic carbocycles. The maximum atomic E-state index is 13.0. The third-order valence-electron chi connectivity index (χ3n) is 5.01. The SMILES string of the molecule is Cc1cc(C)c(-c2cccc(C(C)(C)c3cncc(CF)n3)c2)c(C)c1. The maximum absolute atomic E-state index is 13.0. The highest BCUT2D eigenvalue weighted by molar-refractivity contribution is 5.72. The molecule has 0 atom stereocenters. The minimum absolute atomic E-state index is 0.360. The van der Waals surface area contributed by atoms with E-state index in [2.05, 4.69) is 81.0 Å². The summed E-state index contributed by atoms with van der Waals surface area (Å²) in [5.74, 6) is 0. The van der Waals surface area contributed by atoms with E-state index < -0.39 is 6.67 Å². The molecule has 2 nitrogen and oxygen atoms in total. The number of benzene rings is 2. The summed E-state index contributed by atoms with van der Waals surface area (Å²) in [5, 5.41) is 0. The highest BCUT2D eigenvalue weighted by atomic mass is 19.1. The van der Waals surface area contributed by atoms with Crippen LogP contribution in [0, 0.1) is 20.8 Å². The van der Waals surface area contributed by atoms with E-state index in [4.69, 9.17) is 0 Å². The molecule has 0 radical (unpaired) electrons. The van der Waals surface area contributed by atoms with Crippen LogP contribution in [0.2, 0.25) is 0 Å². The van der Waals surface area contributed by atoms with E-state index in [-0.39, 0.29) is 5.41 Å². The van der Waals surface area contributed by atoms with Crippen LogP contribution in [0.4, 0.5) is 4.39 Å². The summed E-state index contributed by atoms with van der Waals surface area (Å²) in [5.41, 5.74) is 8.23. The van der Waals surface area contributed by atoms with Gasteiger partial charge in [-0.3, -0.25) is 9.97 Å². The summed E-state index contributed by atoms with van der Waals surface area (Å²) in [6.45, 7) is 10.0. The monoisotopic (exact) mass is 348 g/mol. The van der Waals surface area contributed by atoms with Gasteiger partial charge in [-0.2, -0.15) is 0 Å². The molecular formula is C23H25FN2. The van der Waals surface area contributed by atoms with Crippen molar-refractivity contribution >= 4 is 0 Å². The van der Waals surface area contributed by atoms with Gasteiger partial charge in [0.2, 0.25) is 0 Å². The summed E-state index contributed by atoms with van der Waals surface area (Å²) in [4.78, 5) is 8.61. The van der Waals surface area contributed by atoms with E-state index >= 15 is 0 Å². The predicted molar refractivity (Wildman–Crippen MR) is 105 cm³/mol. The summed E-state index contributed by atoms with van der Waals surface area (Å²) in [6, 6.07) is 13.0. The van der Waals surface area contributed by atoms with Gasteiger partial charge in [0.05, 0.1) is 17.6 Å². The lowest BCUT2D eigenvalue weighted by Crippen LogP contribution is -2.21. The largest absolute Gasteiger partial charge is 0.261 e. The third kappa shape index (κ3) is 3.39. The average molecular weight is 348 g/mol. The summed E-state index contributed by atoms with van der Waals surface area (Å²) < 4.78 is 13.0. The van der Waals surface area contributed by atoms with Gasteiger partial charge in [-0.15, -0.1) is 0 Å². The van der Waals surface area contributed by atoms with Gasteiger partial charge in [0, 0.05) is 11.6 Å². The van der Waals surface area contributed by atoms with Gasteiger partial charge in [-0.25, -0.2) is 4.39 Å². The van der Waals surface area contributed by atoms with Gasteiger partial charge in [0.1, 0.15) is 6.67 Å². The number of alkyl halides is 1.